The number of ether oxygens (including phenoxy) is 1. The topological polar surface area (TPSA) is 58.6 Å². The lowest BCUT2D eigenvalue weighted by Gasteiger charge is -2.10. The molecule has 4 nitrogen and oxygen atoms in total. The summed E-state index contributed by atoms with van der Waals surface area (Å²) in [5.41, 5.74) is 2.29. The summed E-state index contributed by atoms with van der Waals surface area (Å²) in [6, 6.07) is 14.0. The average molecular weight is 257 g/mol. The first-order valence-electron chi connectivity index (χ1n) is 5.90. The van der Waals surface area contributed by atoms with Crippen LogP contribution in [0.25, 0.3) is 0 Å². The predicted molar refractivity (Wildman–Crippen MR) is 73.2 cm³/mol. The third-order valence-corrected chi connectivity index (χ3v) is 2.77. The second-order valence-electron chi connectivity index (χ2n) is 4.05. The molecule has 19 heavy (non-hydrogen) atoms. The maximum Gasteiger partial charge on any atom is 0.338 e. The number of benzene rings is 2. The molecule has 0 spiro atoms. The molecular formula is C15H15NO3. The van der Waals surface area contributed by atoms with E-state index in [4.69, 9.17) is 4.74 Å². The van der Waals surface area contributed by atoms with Crippen LogP contribution < -0.4 is 5.32 Å². The second-order valence-corrected chi connectivity index (χ2v) is 4.05. The van der Waals surface area contributed by atoms with Crippen LogP contribution in [0.4, 0.5) is 5.69 Å². The van der Waals surface area contributed by atoms with E-state index in [9.17, 15) is 9.90 Å². The van der Waals surface area contributed by atoms with Crippen molar-refractivity contribution in [2.24, 2.45) is 0 Å². The molecule has 0 amide bonds. The zero-order valence-corrected chi connectivity index (χ0v) is 10.6. The molecule has 0 atom stereocenters. The number of phenolic OH excluding ortho intramolecular Hbond substituents is 1. The molecule has 0 aromatic heterocycles. The highest BCUT2D eigenvalue weighted by Crippen LogP contribution is 2.16. The number of phenols is 1. The van der Waals surface area contributed by atoms with Crippen LogP contribution in [0.3, 0.4) is 0 Å². The van der Waals surface area contributed by atoms with Gasteiger partial charge in [-0.25, -0.2) is 4.79 Å². The SMILES string of the molecule is COC(=O)c1ccccc1CNc1ccc(O)cc1. The summed E-state index contributed by atoms with van der Waals surface area (Å²) in [5.74, 6) is -0.122. The Bertz CT molecular complexity index is 564. The predicted octanol–water partition coefficient (Wildman–Crippen LogP) is 2.79. The Balaban J connectivity index is 2.11. The van der Waals surface area contributed by atoms with E-state index >= 15 is 0 Å². The minimum absolute atomic E-state index is 0.223. The van der Waals surface area contributed by atoms with Crippen molar-refractivity contribution < 1.29 is 14.6 Å². The van der Waals surface area contributed by atoms with Gasteiger partial charge in [0.05, 0.1) is 12.7 Å². The van der Waals surface area contributed by atoms with Gasteiger partial charge in [0, 0.05) is 12.2 Å². The molecular weight excluding hydrogens is 242 g/mol. The van der Waals surface area contributed by atoms with Crippen molar-refractivity contribution in [3.8, 4) is 5.75 Å². The van der Waals surface area contributed by atoms with Gasteiger partial charge in [-0.1, -0.05) is 18.2 Å². The van der Waals surface area contributed by atoms with Crippen LogP contribution in [0.5, 0.6) is 5.75 Å². The van der Waals surface area contributed by atoms with Gasteiger partial charge in [0.15, 0.2) is 0 Å². The van der Waals surface area contributed by atoms with E-state index in [1.165, 1.54) is 7.11 Å². The zero-order chi connectivity index (χ0) is 13.7. The molecule has 0 bridgehead atoms. The van der Waals surface area contributed by atoms with E-state index in [0.717, 1.165) is 11.3 Å². The highest BCUT2D eigenvalue weighted by atomic mass is 16.5. The third kappa shape index (κ3) is 3.25. The number of esters is 1. The fourth-order valence-corrected chi connectivity index (χ4v) is 1.76. The Morgan fingerprint density at radius 3 is 2.53 bits per heavy atom. The summed E-state index contributed by atoms with van der Waals surface area (Å²) in [6.07, 6.45) is 0. The number of hydrogen-bond donors (Lipinski definition) is 2. The molecule has 0 unspecified atom stereocenters. The van der Waals surface area contributed by atoms with Crippen molar-refractivity contribution >= 4 is 11.7 Å². The normalized spacial score (nSPS) is 9.95. The lowest BCUT2D eigenvalue weighted by Crippen LogP contribution is -2.08. The molecule has 0 aliphatic carbocycles. The van der Waals surface area contributed by atoms with Gasteiger partial charge in [0.1, 0.15) is 5.75 Å². The molecule has 0 saturated heterocycles. The molecule has 0 aliphatic rings. The maximum atomic E-state index is 11.6. The molecule has 98 valence electrons. The van der Waals surface area contributed by atoms with Crippen LogP contribution in [0.1, 0.15) is 15.9 Å². The van der Waals surface area contributed by atoms with Gasteiger partial charge in [0.25, 0.3) is 0 Å². The number of carbonyl (C=O) groups is 1. The standard InChI is InChI=1S/C15H15NO3/c1-19-15(18)14-5-3-2-4-11(14)10-16-12-6-8-13(17)9-7-12/h2-9,16-17H,10H2,1H3. The van der Waals surface area contributed by atoms with E-state index in [-0.39, 0.29) is 11.7 Å². The Kier molecular flexibility index (Phi) is 4.03. The van der Waals surface area contributed by atoms with Gasteiger partial charge in [-0.3, -0.25) is 0 Å². The highest BCUT2D eigenvalue weighted by molar-refractivity contribution is 5.91. The number of nitrogens with one attached hydrogen (secondary N) is 1. The van der Waals surface area contributed by atoms with Crippen LogP contribution in [0, 0.1) is 0 Å². The molecule has 2 rings (SSSR count). The number of anilines is 1. The Labute approximate surface area is 111 Å². The first-order valence-corrected chi connectivity index (χ1v) is 5.90. The van der Waals surface area contributed by atoms with Gasteiger partial charge < -0.3 is 15.2 Å². The summed E-state index contributed by atoms with van der Waals surface area (Å²) < 4.78 is 4.74. The van der Waals surface area contributed by atoms with Gasteiger partial charge in [0.2, 0.25) is 0 Å². The number of rotatable bonds is 4. The fourth-order valence-electron chi connectivity index (χ4n) is 1.76. The quantitative estimate of drug-likeness (QED) is 0.653. The van der Waals surface area contributed by atoms with Crippen molar-refractivity contribution in [2.75, 3.05) is 12.4 Å². The van der Waals surface area contributed by atoms with E-state index in [1.807, 2.05) is 12.1 Å². The average Bonchev–Trinajstić information content (AvgIpc) is 2.46. The van der Waals surface area contributed by atoms with Crippen LogP contribution in [-0.4, -0.2) is 18.2 Å². The van der Waals surface area contributed by atoms with Crippen LogP contribution >= 0.6 is 0 Å². The number of aromatic hydroxyl groups is 1. The lowest BCUT2D eigenvalue weighted by molar-refractivity contribution is 0.0599. The summed E-state index contributed by atoms with van der Waals surface area (Å²) in [5, 5.41) is 12.4. The summed E-state index contributed by atoms with van der Waals surface area (Å²) in [7, 11) is 1.37. The highest BCUT2D eigenvalue weighted by Gasteiger charge is 2.10. The summed E-state index contributed by atoms with van der Waals surface area (Å²) >= 11 is 0. The smallest absolute Gasteiger partial charge is 0.338 e. The van der Waals surface area contributed by atoms with Crippen molar-refractivity contribution in [2.45, 2.75) is 6.54 Å². The summed E-state index contributed by atoms with van der Waals surface area (Å²) in [6.45, 7) is 0.510. The maximum absolute atomic E-state index is 11.6. The van der Waals surface area contributed by atoms with Crippen molar-refractivity contribution in [1.29, 1.82) is 0 Å². The molecule has 2 aromatic carbocycles. The van der Waals surface area contributed by atoms with Crippen molar-refractivity contribution in [3.63, 3.8) is 0 Å². The molecule has 2 N–H and O–H groups in total. The first kappa shape index (κ1) is 13.0. The van der Waals surface area contributed by atoms with Crippen LogP contribution in [0.2, 0.25) is 0 Å². The van der Waals surface area contributed by atoms with Gasteiger partial charge in [-0.15, -0.1) is 0 Å². The molecule has 0 saturated carbocycles. The van der Waals surface area contributed by atoms with E-state index in [0.29, 0.717) is 12.1 Å². The van der Waals surface area contributed by atoms with Crippen LogP contribution in [0.15, 0.2) is 48.5 Å². The third-order valence-electron chi connectivity index (χ3n) is 2.77. The second kappa shape index (κ2) is 5.91. The lowest BCUT2D eigenvalue weighted by atomic mass is 10.1. The van der Waals surface area contributed by atoms with Gasteiger partial charge in [-0.05, 0) is 35.9 Å². The number of methoxy groups -OCH3 is 1. The molecule has 4 heteroatoms. The largest absolute Gasteiger partial charge is 0.508 e. The molecule has 0 fully saturated rings. The number of hydrogen-bond acceptors (Lipinski definition) is 4. The Morgan fingerprint density at radius 1 is 1.16 bits per heavy atom. The minimum Gasteiger partial charge on any atom is -0.508 e. The Hall–Kier alpha value is -2.49. The van der Waals surface area contributed by atoms with Crippen molar-refractivity contribution in [1.82, 2.24) is 0 Å². The van der Waals surface area contributed by atoms with Crippen molar-refractivity contribution in [3.05, 3.63) is 59.7 Å². The monoisotopic (exact) mass is 257 g/mol. The molecule has 0 radical (unpaired) electrons. The summed E-state index contributed by atoms with van der Waals surface area (Å²) in [4.78, 5) is 11.6. The molecule has 0 aliphatic heterocycles. The fraction of sp³-hybridized carbons (Fsp3) is 0.133. The molecule has 2 aromatic rings. The van der Waals surface area contributed by atoms with Gasteiger partial charge >= 0.3 is 5.97 Å². The first-order chi connectivity index (χ1) is 9.20. The van der Waals surface area contributed by atoms with E-state index < -0.39 is 0 Å². The zero-order valence-electron chi connectivity index (χ0n) is 10.6. The van der Waals surface area contributed by atoms with E-state index in [1.54, 1.807) is 36.4 Å². The van der Waals surface area contributed by atoms with Gasteiger partial charge in [-0.2, -0.15) is 0 Å². The van der Waals surface area contributed by atoms with Crippen LogP contribution in [-0.2, 0) is 11.3 Å². The minimum atomic E-state index is -0.344. The van der Waals surface area contributed by atoms with E-state index in [2.05, 4.69) is 5.32 Å². The number of carbonyl (C=O) groups excluding carboxylic acids is 1. The Morgan fingerprint density at radius 2 is 1.84 bits per heavy atom. The molecule has 0 heterocycles.